The maximum atomic E-state index is 10.9. The minimum atomic E-state index is -0.747. The molecule has 4 rings (SSSR count). The van der Waals surface area contributed by atoms with Gasteiger partial charge in [0.1, 0.15) is 11.5 Å². The topological polar surface area (TPSA) is 62.7 Å². The molecule has 5 heteroatoms. The number of carboxylic acids is 1. The molecule has 0 fully saturated rings. The van der Waals surface area contributed by atoms with Gasteiger partial charge in [-0.25, -0.2) is 0 Å². The molecular weight excluding hydrogens is 340 g/mol. The fourth-order valence-corrected chi connectivity index (χ4v) is 3.74. The van der Waals surface area contributed by atoms with E-state index >= 15 is 0 Å². The second-order valence-electron chi connectivity index (χ2n) is 6.85. The molecule has 0 amide bonds. The van der Waals surface area contributed by atoms with Gasteiger partial charge < -0.3 is 14.7 Å². The van der Waals surface area contributed by atoms with Gasteiger partial charge in [-0.05, 0) is 55.7 Å². The van der Waals surface area contributed by atoms with Gasteiger partial charge in [0.25, 0.3) is 0 Å². The van der Waals surface area contributed by atoms with E-state index in [0.717, 1.165) is 47.6 Å². The molecule has 0 radical (unpaired) electrons. The van der Waals surface area contributed by atoms with Crippen LogP contribution in [0, 0.1) is 6.92 Å². The van der Waals surface area contributed by atoms with Crippen molar-refractivity contribution in [3.05, 3.63) is 59.8 Å². The van der Waals surface area contributed by atoms with Gasteiger partial charge in [0.05, 0.1) is 11.2 Å². The van der Waals surface area contributed by atoms with Gasteiger partial charge in [-0.1, -0.05) is 18.2 Å². The van der Waals surface area contributed by atoms with E-state index in [1.165, 1.54) is 11.3 Å². The van der Waals surface area contributed by atoms with Crippen molar-refractivity contribution >= 4 is 22.6 Å². The highest BCUT2D eigenvalue weighted by Gasteiger charge is 2.24. The van der Waals surface area contributed by atoms with Crippen molar-refractivity contribution in [2.45, 2.75) is 26.2 Å². The summed E-state index contributed by atoms with van der Waals surface area (Å²) in [5.41, 5.74) is 4.43. The number of anilines is 1. The predicted octanol–water partition coefficient (Wildman–Crippen LogP) is 4.56. The highest BCUT2D eigenvalue weighted by Crippen LogP contribution is 2.38. The van der Waals surface area contributed by atoms with E-state index in [9.17, 15) is 4.79 Å². The SMILES string of the molecule is Cc1nc2ccc(Oc3ccccc3)cc2c2c1CCN2CCCC(=O)O. The molecule has 138 valence electrons. The van der Waals surface area contributed by atoms with Crippen LogP contribution in [0.25, 0.3) is 10.9 Å². The normalized spacial score (nSPS) is 13.0. The Bertz CT molecular complexity index is 986. The second-order valence-corrected chi connectivity index (χ2v) is 6.85. The van der Waals surface area contributed by atoms with E-state index < -0.39 is 5.97 Å². The molecule has 0 saturated heterocycles. The largest absolute Gasteiger partial charge is 0.481 e. The molecule has 1 aromatic heterocycles. The van der Waals surface area contributed by atoms with Gasteiger partial charge in [0.2, 0.25) is 0 Å². The highest BCUT2D eigenvalue weighted by atomic mass is 16.5. The Balaban J connectivity index is 1.70. The van der Waals surface area contributed by atoms with Gasteiger partial charge in [0, 0.05) is 30.6 Å². The summed E-state index contributed by atoms with van der Waals surface area (Å²) in [7, 11) is 0. The maximum absolute atomic E-state index is 10.9. The minimum absolute atomic E-state index is 0.191. The molecule has 2 heterocycles. The molecule has 1 aliphatic heterocycles. The van der Waals surface area contributed by atoms with Gasteiger partial charge in [-0.15, -0.1) is 0 Å². The first-order chi connectivity index (χ1) is 13.1. The van der Waals surface area contributed by atoms with E-state index in [-0.39, 0.29) is 6.42 Å². The Kier molecular flexibility index (Phi) is 4.67. The van der Waals surface area contributed by atoms with Crippen LogP contribution in [-0.2, 0) is 11.2 Å². The Morgan fingerprint density at radius 2 is 2.00 bits per heavy atom. The molecule has 3 aromatic rings. The zero-order chi connectivity index (χ0) is 18.8. The number of rotatable bonds is 6. The van der Waals surface area contributed by atoms with Crippen LogP contribution in [0.15, 0.2) is 48.5 Å². The monoisotopic (exact) mass is 362 g/mol. The molecule has 27 heavy (non-hydrogen) atoms. The quantitative estimate of drug-likeness (QED) is 0.696. The lowest BCUT2D eigenvalue weighted by Gasteiger charge is -2.21. The van der Waals surface area contributed by atoms with Gasteiger partial charge in [-0.2, -0.15) is 0 Å². The molecular formula is C22H22N2O3. The number of hydrogen-bond donors (Lipinski definition) is 1. The van der Waals surface area contributed by atoms with Crippen molar-refractivity contribution in [2.75, 3.05) is 18.0 Å². The van der Waals surface area contributed by atoms with E-state index in [2.05, 4.69) is 4.90 Å². The van der Waals surface area contributed by atoms with Crippen LogP contribution in [0.1, 0.15) is 24.1 Å². The second kappa shape index (κ2) is 7.27. The highest BCUT2D eigenvalue weighted by molar-refractivity contribution is 5.96. The maximum Gasteiger partial charge on any atom is 0.303 e. The molecule has 0 bridgehead atoms. The summed E-state index contributed by atoms with van der Waals surface area (Å²) in [4.78, 5) is 17.9. The van der Waals surface area contributed by atoms with Crippen LogP contribution in [0.2, 0.25) is 0 Å². The number of carboxylic acid groups (broad SMARTS) is 1. The minimum Gasteiger partial charge on any atom is -0.481 e. The van der Waals surface area contributed by atoms with Crippen molar-refractivity contribution in [1.82, 2.24) is 4.98 Å². The smallest absolute Gasteiger partial charge is 0.303 e. The molecule has 0 atom stereocenters. The summed E-state index contributed by atoms with van der Waals surface area (Å²) < 4.78 is 6.00. The third-order valence-electron chi connectivity index (χ3n) is 4.98. The van der Waals surface area contributed by atoms with Crippen molar-refractivity contribution in [3.63, 3.8) is 0 Å². The first-order valence-electron chi connectivity index (χ1n) is 9.25. The molecule has 5 nitrogen and oxygen atoms in total. The summed E-state index contributed by atoms with van der Waals surface area (Å²) in [5, 5.41) is 10.00. The molecule has 1 aliphatic rings. The molecule has 0 unspecified atom stereocenters. The van der Waals surface area contributed by atoms with Crippen LogP contribution in [-0.4, -0.2) is 29.1 Å². The van der Waals surface area contributed by atoms with Gasteiger partial charge in [-0.3, -0.25) is 9.78 Å². The van der Waals surface area contributed by atoms with Crippen LogP contribution < -0.4 is 9.64 Å². The number of aliphatic carboxylic acids is 1. The van der Waals surface area contributed by atoms with Crippen LogP contribution in [0.5, 0.6) is 11.5 Å². The third kappa shape index (κ3) is 3.58. The van der Waals surface area contributed by atoms with Gasteiger partial charge >= 0.3 is 5.97 Å². The first-order valence-corrected chi connectivity index (χ1v) is 9.25. The predicted molar refractivity (Wildman–Crippen MR) is 106 cm³/mol. The molecule has 0 saturated carbocycles. The zero-order valence-electron chi connectivity index (χ0n) is 15.3. The zero-order valence-corrected chi connectivity index (χ0v) is 15.3. The summed E-state index contributed by atoms with van der Waals surface area (Å²) in [6, 6.07) is 15.7. The average Bonchev–Trinajstić information content (AvgIpc) is 3.08. The van der Waals surface area contributed by atoms with Crippen LogP contribution in [0.4, 0.5) is 5.69 Å². The average molecular weight is 362 g/mol. The lowest BCUT2D eigenvalue weighted by atomic mass is 10.1. The number of hydrogen-bond acceptors (Lipinski definition) is 4. The summed E-state index contributed by atoms with van der Waals surface area (Å²) in [5.74, 6) is 0.828. The van der Waals surface area contributed by atoms with Crippen LogP contribution >= 0.6 is 0 Å². The van der Waals surface area contributed by atoms with E-state index in [0.29, 0.717) is 6.42 Å². The van der Waals surface area contributed by atoms with Crippen molar-refractivity contribution in [3.8, 4) is 11.5 Å². The Labute approximate surface area is 158 Å². The number of carbonyl (C=O) groups is 1. The summed E-state index contributed by atoms with van der Waals surface area (Å²) >= 11 is 0. The number of pyridine rings is 1. The number of benzene rings is 2. The Morgan fingerprint density at radius 1 is 1.19 bits per heavy atom. The fraction of sp³-hybridized carbons (Fsp3) is 0.273. The van der Waals surface area contributed by atoms with Crippen LogP contribution in [0.3, 0.4) is 0 Å². The van der Waals surface area contributed by atoms with E-state index in [1.54, 1.807) is 0 Å². The molecule has 0 aliphatic carbocycles. The summed E-state index contributed by atoms with van der Waals surface area (Å²) in [6.07, 6.45) is 1.77. The lowest BCUT2D eigenvalue weighted by Crippen LogP contribution is -2.22. The number of para-hydroxylation sites is 1. The van der Waals surface area contributed by atoms with E-state index in [1.807, 2.05) is 55.5 Å². The number of aromatic nitrogens is 1. The van der Waals surface area contributed by atoms with E-state index in [4.69, 9.17) is 14.8 Å². The number of ether oxygens (including phenoxy) is 1. The van der Waals surface area contributed by atoms with Crippen molar-refractivity contribution < 1.29 is 14.6 Å². The Hall–Kier alpha value is -3.08. The van der Waals surface area contributed by atoms with Gasteiger partial charge in [0.15, 0.2) is 0 Å². The Morgan fingerprint density at radius 3 is 2.78 bits per heavy atom. The number of nitrogens with zero attached hydrogens (tertiary/aromatic N) is 2. The molecule has 0 spiro atoms. The fourth-order valence-electron chi connectivity index (χ4n) is 3.74. The van der Waals surface area contributed by atoms with Crippen molar-refractivity contribution in [1.29, 1.82) is 0 Å². The first kappa shape index (κ1) is 17.3. The third-order valence-corrected chi connectivity index (χ3v) is 4.98. The van der Waals surface area contributed by atoms with Crippen molar-refractivity contribution in [2.24, 2.45) is 0 Å². The number of aryl methyl sites for hydroxylation is 1. The molecule has 2 aromatic carbocycles. The number of fused-ring (bicyclic) bond motifs is 3. The summed E-state index contributed by atoms with van der Waals surface area (Å²) in [6.45, 7) is 3.69. The lowest BCUT2D eigenvalue weighted by molar-refractivity contribution is -0.137. The molecule has 1 N–H and O–H groups in total. The standard InChI is InChI=1S/C22H22N2O3/c1-15-18-11-13-24(12-5-8-21(25)26)22(18)19-14-17(9-10-20(19)23-15)27-16-6-3-2-4-7-16/h2-4,6-7,9-10,14H,5,8,11-13H2,1H3,(H,25,26).